The van der Waals surface area contributed by atoms with Gasteiger partial charge in [-0.1, -0.05) is 50.2 Å². The van der Waals surface area contributed by atoms with Crippen LogP contribution in [0.15, 0.2) is 65.2 Å². The molecule has 0 spiro atoms. The number of furan rings is 1. The van der Waals surface area contributed by atoms with Gasteiger partial charge >= 0.3 is 0 Å². The molecule has 2 aromatic carbocycles. The Morgan fingerprint density at radius 2 is 1.75 bits per heavy atom. The van der Waals surface area contributed by atoms with Gasteiger partial charge in [0.15, 0.2) is 0 Å². The molecule has 0 aliphatic carbocycles. The first-order valence-electron chi connectivity index (χ1n) is 8.37. The summed E-state index contributed by atoms with van der Waals surface area (Å²) in [7, 11) is 0. The molecular weight excluding hydrogens is 294 g/mol. The lowest BCUT2D eigenvalue weighted by molar-refractivity contribution is 0.508. The summed E-state index contributed by atoms with van der Waals surface area (Å²) in [5, 5.41) is 2.37. The second-order valence-corrected chi connectivity index (χ2v) is 7.17. The molecule has 0 saturated carbocycles. The van der Waals surface area contributed by atoms with E-state index in [1.165, 1.54) is 21.9 Å². The molecule has 0 aliphatic rings. The molecular formula is C22H21NO. The van der Waals surface area contributed by atoms with Crippen LogP contribution in [0, 0.1) is 6.92 Å². The zero-order valence-corrected chi connectivity index (χ0v) is 14.3. The average Bonchev–Trinajstić information content (AvgIpc) is 2.93. The monoisotopic (exact) mass is 315 g/mol. The molecule has 2 heteroatoms. The van der Waals surface area contributed by atoms with Gasteiger partial charge in [-0.15, -0.1) is 0 Å². The van der Waals surface area contributed by atoms with Crippen molar-refractivity contribution in [2.24, 2.45) is 0 Å². The molecule has 0 N–H and O–H groups in total. The van der Waals surface area contributed by atoms with Crippen LogP contribution in [-0.4, -0.2) is 4.98 Å². The van der Waals surface area contributed by atoms with Gasteiger partial charge in [0.1, 0.15) is 11.2 Å². The van der Waals surface area contributed by atoms with Crippen LogP contribution >= 0.6 is 0 Å². The smallest absolute Gasteiger partial charge is 0.139 e. The molecule has 0 unspecified atom stereocenters. The Labute approximate surface area is 142 Å². The van der Waals surface area contributed by atoms with E-state index in [1.54, 1.807) is 0 Å². The summed E-state index contributed by atoms with van der Waals surface area (Å²) in [4.78, 5) is 4.54. The summed E-state index contributed by atoms with van der Waals surface area (Å²) in [6.07, 6.45) is 2.77. The number of pyridine rings is 1. The molecule has 0 saturated heterocycles. The third-order valence-corrected chi connectivity index (χ3v) is 4.73. The van der Waals surface area contributed by atoms with Gasteiger partial charge in [0.2, 0.25) is 0 Å². The standard InChI is InChI=1S/C22H21NO/c1-15-11-12-23-16(13-15)14-22(2,3)19-9-6-8-18-17-7-4-5-10-20(17)24-21(18)19/h4-13H,14H2,1-3H3. The van der Waals surface area contributed by atoms with Crippen molar-refractivity contribution in [1.82, 2.24) is 4.98 Å². The van der Waals surface area contributed by atoms with Crippen molar-refractivity contribution in [3.63, 3.8) is 0 Å². The molecule has 2 nitrogen and oxygen atoms in total. The molecule has 4 rings (SSSR count). The maximum Gasteiger partial charge on any atom is 0.139 e. The number of fused-ring (bicyclic) bond motifs is 3. The van der Waals surface area contributed by atoms with Crippen LogP contribution in [-0.2, 0) is 11.8 Å². The molecule has 0 atom stereocenters. The highest BCUT2D eigenvalue weighted by atomic mass is 16.3. The van der Waals surface area contributed by atoms with Crippen molar-refractivity contribution in [3.05, 3.63) is 77.6 Å². The Morgan fingerprint density at radius 1 is 0.958 bits per heavy atom. The first-order valence-corrected chi connectivity index (χ1v) is 8.37. The fourth-order valence-electron chi connectivity index (χ4n) is 3.52. The van der Waals surface area contributed by atoms with Crippen LogP contribution in [0.4, 0.5) is 0 Å². The predicted octanol–water partition coefficient (Wildman–Crippen LogP) is 5.81. The highest BCUT2D eigenvalue weighted by Gasteiger charge is 2.26. The number of aryl methyl sites for hydroxylation is 1. The molecule has 4 aromatic rings. The largest absolute Gasteiger partial charge is 0.456 e. The third kappa shape index (κ3) is 2.48. The number of hydrogen-bond donors (Lipinski definition) is 0. The van der Waals surface area contributed by atoms with Crippen molar-refractivity contribution in [1.29, 1.82) is 0 Å². The number of para-hydroxylation sites is 2. The van der Waals surface area contributed by atoms with Crippen LogP contribution in [0.5, 0.6) is 0 Å². The van der Waals surface area contributed by atoms with E-state index < -0.39 is 0 Å². The van der Waals surface area contributed by atoms with Gasteiger partial charge in [-0.3, -0.25) is 4.98 Å². The highest BCUT2D eigenvalue weighted by molar-refractivity contribution is 6.06. The van der Waals surface area contributed by atoms with E-state index in [-0.39, 0.29) is 5.41 Å². The normalized spacial score (nSPS) is 12.1. The summed E-state index contributed by atoms with van der Waals surface area (Å²) < 4.78 is 6.21. The van der Waals surface area contributed by atoms with E-state index in [2.05, 4.69) is 62.2 Å². The van der Waals surface area contributed by atoms with E-state index >= 15 is 0 Å². The van der Waals surface area contributed by atoms with E-state index in [9.17, 15) is 0 Å². The fraction of sp³-hybridized carbons (Fsp3) is 0.227. The highest BCUT2D eigenvalue weighted by Crippen LogP contribution is 2.37. The SMILES string of the molecule is Cc1ccnc(CC(C)(C)c2cccc3c2oc2ccccc23)c1. The van der Waals surface area contributed by atoms with Gasteiger partial charge in [0, 0.05) is 28.2 Å². The first kappa shape index (κ1) is 14.9. The molecule has 2 heterocycles. The summed E-state index contributed by atoms with van der Waals surface area (Å²) in [5.41, 5.74) is 5.49. The minimum atomic E-state index is -0.0613. The van der Waals surface area contributed by atoms with Crippen molar-refractivity contribution in [2.75, 3.05) is 0 Å². The van der Waals surface area contributed by atoms with Crippen LogP contribution in [0.1, 0.15) is 30.7 Å². The van der Waals surface area contributed by atoms with Gasteiger partial charge in [0.25, 0.3) is 0 Å². The Morgan fingerprint density at radius 3 is 2.58 bits per heavy atom. The summed E-state index contributed by atoms with van der Waals surface area (Å²) in [6.45, 7) is 6.64. The van der Waals surface area contributed by atoms with Crippen LogP contribution in [0.2, 0.25) is 0 Å². The predicted molar refractivity (Wildman–Crippen MR) is 99.4 cm³/mol. The van der Waals surface area contributed by atoms with Crippen molar-refractivity contribution >= 4 is 21.9 Å². The number of nitrogens with zero attached hydrogens (tertiary/aromatic N) is 1. The molecule has 120 valence electrons. The summed E-state index contributed by atoms with van der Waals surface area (Å²) in [6, 6.07) is 18.9. The minimum Gasteiger partial charge on any atom is -0.456 e. The topological polar surface area (TPSA) is 26.0 Å². The second-order valence-electron chi connectivity index (χ2n) is 7.17. The minimum absolute atomic E-state index is 0.0613. The maximum absolute atomic E-state index is 6.21. The summed E-state index contributed by atoms with van der Waals surface area (Å²) >= 11 is 0. The number of benzene rings is 2. The molecule has 0 aliphatic heterocycles. The van der Waals surface area contributed by atoms with Crippen LogP contribution in [0.3, 0.4) is 0 Å². The van der Waals surface area contributed by atoms with E-state index in [4.69, 9.17) is 4.42 Å². The Hall–Kier alpha value is -2.61. The number of aromatic nitrogens is 1. The Bertz CT molecular complexity index is 1030. The van der Waals surface area contributed by atoms with Crippen molar-refractivity contribution in [3.8, 4) is 0 Å². The van der Waals surface area contributed by atoms with Crippen molar-refractivity contribution < 1.29 is 4.42 Å². The molecule has 0 radical (unpaired) electrons. The molecule has 0 fully saturated rings. The Kier molecular flexibility index (Phi) is 3.42. The van der Waals surface area contributed by atoms with Crippen LogP contribution in [0.25, 0.3) is 21.9 Å². The van der Waals surface area contributed by atoms with Crippen LogP contribution < -0.4 is 0 Å². The van der Waals surface area contributed by atoms with Crippen molar-refractivity contribution in [2.45, 2.75) is 32.6 Å². The summed E-state index contributed by atoms with van der Waals surface area (Å²) in [5.74, 6) is 0. The van der Waals surface area contributed by atoms with E-state index in [0.717, 1.165) is 23.3 Å². The lowest BCUT2D eigenvalue weighted by atomic mass is 9.79. The second kappa shape index (κ2) is 5.48. The van der Waals surface area contributed by atoms with Gasteiger partial charge < -0.3 is 4.42 Å². The molecule has 24 heavy (non-hydrogen) atoms. The molecule has 2 aromatic heterocycles. The van der Waals surface area contributed by atoms with Gasteiger partial charge in [-0.2, -0.15) is 0 Å². The Balaban J connectivity index is 1.85. The lowest BCUT2D eigenvalue weighted by Crippen LogP contribution is -2.21. The fourth-order valence-corrected chi connectivity index (χ4v) is 3.52. The first-order chi connectivity index (χ1) is 11.5. The third-order valence-electron chi connectivity index (χ3n) is 4.73. The number of rotatable bonds is 3. The quantitative estimate of drug-likeness (QED) is 0.477. The average molecular weight is 315 g/mol. The molecule has 0 bridgehead atoms. The molecule has 0 amide bonds. The van der Waals surface area contributed by atoms with Gasteiger partial charge in [-0.25, -0.2) is 0 Å². The zero-order valence-electron chi connectivity index (χ0n) is 14.3. The maximum atomic E-state index is 6.21. The van der Waals surface area contributed by atoms with Gasteiger partial charge in [0.05, 0.1) is 0 Å². The van der Waals surface area contributed by atoms with E-state index in [0.29, 0.717) is 0 Å². The van der Waals surface area contributed by atoms with E-state index in [1.807, 2.05) is 24.4 Å². The lowest BCUT2D eigenvalue weighted by Gasteiger charge is -2.25. The number of hydrogen-bond acceptors (Lipinski definition) is 2. The zero-order chi connectivity index (χ0) is 16.7. The van der Waals surface area contributed by atoms with Gasteiger partial charge in [-0.05, 0) is 42.5 Å².